The molecule has 3 aliphatic carbocycles. The Hall–Kier alpha value is -2.45. The number of anilines is 1. The fourth-order valence-electron chi connectivity index (χ4n) is 4.72. The molecule has 2 amide bonds. The van der Waals surface area contributed by atoms with Crippen molar-refractivity contribution in [2.45, 2.75) is 35.7 Å². The number of hydrogen-bond acceptors (Lipinski definition) is 5. The van der Waals surface area contributed by atoms with Gasteiger partial charge in [-0.15, -0.1) is 11.8 Å². The lowest BCUT2D eigenvalue weighted by molar-refractivity contribution is -0.125. The van der Waals surface area contributed by atoms with E-state index in [9.17, 15) is 14.0 Å². The van der Waals surface area contributed by atoms with E-state index in [1.54, 1.807) is 11.8 Å². The van der Waals surface area contributed by atoms with Crippen molar-refractivity contribution in [1.82, 2.24) is 10.6 Å². The number of halogens is 2. The molecular weight excluding hydrogens is 441 g/mol. The highest BCUT2D eigenvalue weighted by Gasteiger charge is 2.57. The second-order valence-electron chi connectivity index (χ2n) is 8.32. The second kappa shape index (κ2) is 7.91. The van der Waals surface area contributed by atoms with Gasteiger partial charge in [-0.2, -0.15) is 0 Å². The van der Waals surface area contributed by atoms with Crippen LogP contribution in [0, 0.1) is 11.7 Å². The van der Waals surface area contributed by atoms with Gasteiger partial charge in [0.2, 0.25) is 0 Å². The third kappa shape index (κ3) is 4.06. The maximum Gasteiger partial charge on any atom is 0.258 e. The Bertz CT molecular complexity index is 1060. The lowest BCUT2D eigenvalue weighted by Gasteiger charge is -2.39. The summed E-state index contributed by atoms with van der Waals surface area (Å²) in [6.45, 7) is -0.203. The predicted octanol–water partition coefficient (Wildman–Crippen LogP) is 3.80. The number of benzene rings is 2. The zero-order valence-corrected chi connectivity index (χ0v) is 18.1. The molecule has 162 valence electrons. The van der Waals surface area contributed by atoms with Gasteiger partial charge in [0.25, 0.3) is 11.8 Å². The van der Waals surface area contributed by atoms with Crippen LogP contribution in [0.5, 0.6) is 5.75 Å². The fraction of sp³-hybridized carbons (Fsp3) is 0.364. The summed E-state index contributed by atoms with van der Waals surface area (Å²) in [7, 11) is 0. The molecule has 0 radical (unpaired) electrons. The van der Waals surface area contributed by atoms with Crippen LogP contribution in [0.1, 0.15) is 29.6 Å². The monoisotopic (exact) mass is 461 g/mol. The van der Waals surface area contributed by atoms with E-state index in [4.69, 9.17) is 16.3 Å². The number of carbonyl (C=O) groups is 2. The highest BCUT2D eigenvalue weighted by atomic mass is 35.5. The van der Waals surface area contributed by atoms with Crippen LogP contribution in [0.25, 0.3) is 0 Å². The number of hydrogen-bond donors (Lipinski definition) is 3. The normalized spacial score (nSPS) is 25.2. The number of nitrogens with one attached hydrogen (secondary N) is 3. The predicted molar refractivity (Wildman–Crippen MR) is 117 cm³/mol. The lowest BCUT2D eigenvalue weighted by Crippen LogP contribution is -2.53. The number of carbonyl (C=O) groups excluding carboxylic acids is 2. The molecule has 6 nitrogen and oxygen atoms in total. The van der Waals surface area contributed by atoms with E-state index in [-0.39, 0.29) is 40.8 Å². The van der Waals surface area contributed by atoms with Gasteiger partial charge in [0, 0.05) is 33.8 Å². The zero-order chi connectivity index (χ0) is 21.6. The van der Waals surface area contributed by atoms with Crippen molar-refractivity contribution in [2.24, 2.45) is 5.92 Å². The molecule has 9 heteroatoms. The maximum absolute atomic E-state index is 13.5. The average Bonchev–Trinajstić information content (AvgIpc) is 3.40. The third-order valence-electron chi connectivity index (χ3n) is 6.20. The van der Waals surface area contributed by atoms with Gasteiger partial charge >= 0.3 is 0 Å². The first-order valence-electron chi connectivity index (χ1n) is 10.1. The summed E-state index contributed by atoms with van der Waals surface area (Å²) >= 11 is 7.33. The first-order valence-corrected chi connectivity index (χ1v) is 11.5. The van der Waals surface area contributed by atoms with Crippen LogP contribution in [0.2, 0.25) is 5.02 Å². The summed E-state index contributed by atoms with van der Waals surface area (Å²) in [4.78, 5) is 26.2. The van der Waals surface area contributed by atoms with Crippen molar-refractivity contribution >= 4 is 40.9 Å². The summed E-state index contributed by atoms with van der Waals surface area (Å²) in [6, 6.07) is 9.79. The van der Waals surface area contributed by atoms with Crippen LogP contribution in [-0.2, 0) is 4.79 Å². The Kier molecular flexibility index (Phi) is 5.22. The molecule has 31 heavy (non-hydrogen) atoms. The van der Waals surface area contributed by atoms with Crippen molar-refractivity contribution in [1.29, 1.82) is 0 Å². The van der Waals surface area contributed by atoms with Gasteiger partial charge in [0.05, 0.1) is 10.9 Å². The molecule has 3 saturated carbocycles. The molecular formula is C22H21ClFN3O3S. The van der Waals surface area contributed by atoms with E-state index in [0.29, 0.717) is 17.9 Å². The molecule has 2 bridgehead atoms. The largest absolute Gasteiger partial charge is 0.484 e. The Morgan fingerprint density at radius 3 is 2.87 bits per heavy atom. The molecule has 2 aromatic carbocycles. The van der Waals surface area contributed by atoms with Gasteiger partial charge in [-0.3, -0.25) is 9.59 Å². The summed E-state index contributed by atoms with van der Waals surface area (Å²) in [5.74, 6) is 0.504. The maximum atomic E-state index is 13.5. The molecule has 2 aromatic rings. The number of thioether (sulfide) groups is 1. The molecule has 0 unspecified atom stereocenters. The third-order valence-corrected chi connectivity index (χ3v) is 7.45. The van der Waals surface area contributed by atoms with Crippen molar-refractivity contribution < 1.29 is 18.7 Å². The van der Waals surface area contributed by atoms with Crippen LogP contribution in [0.4, 0.5) is 10.1 Å². The van der Waals surface area contributed by atoms with E-state index >= 15 is 0 Å². The molecule has 0 aromatic heterocycles. The number of rotatable bonds is 6. The summed E-state index contributed by atoms with van der Waals surface area (Å²) in [6.07, 6.45) is 2.37. The first kappa shape index (κ1) is 20.5. The van der Waals surface area contributed by atoms with E-state index in [0.717, 1.165) is 35.4 Å². The Morgan fingerprint density at radius 1 is 1.23 bits per heavy atom. The van der Waals surface area contributed by atoms with Crippen LogP contribution in [0.3, 0.4) is 0 Å². The van der Waals surface area contributed by atoms with Gasteiger partial charge in [-0.25, -0.2) is 4.39 Å². The highest BCUT2D eigenvalue weighted by molar-refractivity contribution is 7.99. The van der Waals surface area contributed by atoms with Crippen LogP contribution in [0.15, 0.2) is 41.3 Å². The highest BCUT2D eigenvalue weighted by Crippen LogP contribution is 2.52. The number of fused-ring (bicyclic) bond motifs is 2. The smallest absolute Gasteiger partial charge is 0.258 e. The average molecular weight is 462 g/mol. The van der Waals surface area contributed by atoms with E-state index in [1.807, 2.05) is 18.2 Å². The van der Waals surface area contributed by atoms with E-state index in [1.165, 1.54) is 12.1 Å². The molecule has 0 saturated heterocycles. The van der Waals surface area contributed by atoms with Crippen LogP contribution >= 0.6 is 23.4 Å². The molecule has 1 atom stereocenters. The molecule has 3 fully saturated rings. The fourth-order valence-corrected chi connectivity index (χ4v) is 5.73. The second-order valence-corrected chi connectivity index (χ2v) is 9.75. The van der Waals surface area contributed by atoms with Crippen molar-refractivity contribution in [3.8, 4) is 5.75 Å². The summed E-state index contributed by atoms with van der Waals surface area (Å²) in [5.41, 5.74) is 1.42. The van der Waals surface area contributed by atoms with Crippen LogP contribution in [-0.4, -0.2) is 35.9 Å². The SMILES string of the molecule is O=C(COc1ccc(Cl)c(F)c1)NC12CC(C1)[C@@H](NC(=O)c1ccc3c(c1)SCN3)C2. The van der Waals surface area contributed by atoms with Crippen molar-refractivity contribution in [3.63, 3.8) is 0 Å². The van der Waals surface area contributed by atoms with Crippen molar-refractivity contribution in [3.05, 3.63) is 52.8 Å². The zero-order valence-electron chi connectivity index (χ0n) is 16.5. The molecule has 1 heterocycles. The van der Waals surface area contributed by atoms with Gasteiger partial charge in [-0.1, -0.05) is 11.6 Å². The molecule has 4 aliphatic rings. The number of ether oxygens (including phenoxy) is 1. The minimum atomic E-state index is -0.590. The first-order chi connectivity index (χ1) is 14.9. The van der Waals surface area contributed by atoms with Crippen molar-refractivity contribution in [2.75, 3.05) is 17.8 Å². The minimum absolute atomic E-state index is 0.00514. The van der Waals surface area contributed by atoms with Gasteiger partial charge in [0.1, 0.15) is 11.6 Å². The molecule has 6 rings (SSSR count). The molecule has 1 aliphatic heterocycles. The Balaban J connectivity index is 1.13. The molecule has 0 spiro atoms. The molecule has 3 N–H and O–H groups in total. The van der Waals surface area contributed by atoms with Crippen LogP contribution < -0.4 is 20.7 Å². The topological polar surface area (TPSA) is 79.5 Å². The van der Waals surface area contributed by atoms with E-state index in [2.05, 4.69) is 16.0 Å². The summed E-state index contributed by atoms with van der Waals surface area (Å²) < 4.78 is 18.9. The van der Waals surface area contributed by atoms with Gasteiger partial charge in [0.15, 0.2) is 6.61 Å². The van der Waals surface area contributed by atoms with E-state index < -0.39 is 5.82 Å². The summed E-state index contributed by atoms with van der Waals surface area (Å²) in [5, 5.41) is 9.45. The van der Waals surface area contributed by atoms with Gasteiger partial charge < -0.3 is 20.7 Å². The minimum Gasteiger partial charge on any atom is -0.484 e. The van der Waals surface area contributed by atoms with Gasteiger partial charge in [-0.05, 0) is 55.5 Å². The number of amides is 2. The lowest BCUT2D eigenvalue weighted by atomic mass is 9.76. The standard InChI is InChI=1S/C22H21ClFN3O3S/c23-15-3-2-14(6-16(15)24)30-10-20(28)27-22-7-13(8-22)18(9-22)26-21(29)12-1-4-17-19(5-12)31-11-25-17/h1-6,13,18,25H,7-11H2,(H,26,29)(H,27,28)/t13?,18-,22?/m0/s1. The Labute approximate surface area is 188 Å². The Morgan fingerprint density at radius 2 is 2.06 bits per heavy atom. The quantitative estimate of drug-likeness (QED) is 0.609.